The van der Waals surface area contributed by atoms with Gasteiger partial charge < -0.3 is 4.74 Å². The average Bonchev–Trinajstić information content (AvgIpc) is 2.16. The first-order valence-corrected chi connectivity index (χ1v) is 3.12. The minimum absolute atomic E-state index is 0.373. The quantitative estimate of drug-likeness (QED) is 0.550. The topological polar surface area (TPSA) is 21.3 Å². The monoisotopic (exact) mass is 126 g/mol. The summed E-state index contributed by atoms with van der Waals surface area (Å²) in [5.41, 5.74) is -0.373. The van der Waals surface area contributed by atoms with E-state index in [1.165, 1.54) is 0 Å². The fourth-order valence-corrected chi connectivity index (χ4v) is 0.941. The van der Waals surface area contributed by atoms with E-state index < -0.39 is 0 Å². The van der Waals surface area contributed by atoms with Gasteiger partial charge in [0.25, 0.3) is 0 Å². The lowest BCUT2D eigenvalue weighted by Crippen LogP contribution is -2.37. The Kier molecular flexibility index (Phi) is 1.88. The molecule has 0 bridgehead atoms. The molecule has 0 aromatic rings. The van der Waals surface area contributed by atoms with Crippen molar-refractivity contribution in [2.24, 2.45) is 0 Å². The molecule has 2 heteroatoms. The Morgan fingerprint density at radius 3 is 3.00 bits per heavy atom. The number of hydrogen-bond acceptors (Lipinski definition) is 2. The summed E-state index contributed by atoms with van der Waals surface area (Å²) < 4.78 is 5.29. The van der Waals surface area contributed by atoms with E-state index in [1.807, 2.05) is 6.08 Å². The molecule has 0 aromatic heterocycles. The standard InChI is InChI=1S/C7H12NO/c1-3-4-7(2)8-5-6-9-7/h3,8H,1-2,4-6H2. The lowest BCUT2D eigenvalue weighted by atomic mass is 10.2. The second-order valence-electron chi connectivity index (χ2n) is 2.26. The summed E-state index contributed by atoms with van der Waals surface area (Å²) in [4.78, 5) is 0. The van der Waals surface area contributed by atoms with Gasteiger partial charge in [0.1, 0.15) is 5.72 Å². The van der Waals surface area contributed by atoms with E-state index in [0.717, 1.165) is 19.6 Å². The molecule has 1 unspecified atom stereocenters. The van der Waals surface area contributed by atoms with E-state index in [-0.39, 0.29) is 5.72 Å². The van der Waals surface area contributed by atoms with Crippen LogP contribution in [0.1, 0.15) is 6.42 Å². The molecule has 9 heavy (non-hydrogen) atoms. The summed E-state index contributed by atoms with van der Waals surface area (Å²) in [5.74, 6) is 0. The molecule has 0 aliphatic carbocycles. The first kappa shape index (κ1) is 6.78. The number of nitrogens with one attached hydrogen (secondary N) is 1. The molecule has 0 amide bonds. The van der Waals surface area contributed by atoms with E-state index in [9.17, 15) is 0 Å². The van der Waals surface area contributed by atoms with Gasteiger partial charge in [-0.1, -0.05) is 6.08 Å². The normalized spacial score (nSPS) is 34.8. The first-order chi connectivity index (χ1) is 4.27. The largest absolute Gasteiger partial charge is 0.359 e. The first-order valence-electron chi connectivity index (χ1n) is 3.12. The molecule has 1 aliphatic heterocycles. The Labute approximate surface area is 55.9 Å². The van der Waals surface area contributed by atoms with E-state index in [0.29, 0.717) is 0 Å². The molecule has 0 aromatic carbocycles. The highest BCUT2D eigenvalue weighted by atomic mass is 16.5. The van der Waals surface area contributed by atoms with Crippen LogP contribution in [-0.4, -0.2) is 18.9 Å². The lowest BCUT2D eigenvalue weighted by molar-refractivity contribution is 0.0327. The molecule has 1 N–H and O–H groups in total. The van der Waals surface area contributed by atoms with Gasteiger partial charge in [0.15, 0.2) is 0 Å². The van der Waals surface area contributed by atoms with Gasteiger partial charge in [0, 0.05) is 13.0 Å². The van der Waals surface area contributed by atoms with Crippen LogP contribution in [0.5, 0.6) is 0 Å². The highest BCUT2D eigenvalue weighted by Gasteiger charge is 2.26. The van der Waals surface area contributed by atoms with Crippen molar-refractivity contribution in [3.8, 4) is 0 Å². The maximum Gasteiger partial charge on any atom is 0.122 e. The molecule has 0 spiro atoms. The van der Waals surface area contributed by atoms with Crippen LogP contribution in [0.2, 0.25) is 0 Å². The molecule has 1 aliphatic rings. The van der Waals surface area contributed by atoms with Gasteiger partial charge in [-0.2, -0.15) is 0 Å². The molecule has 1 fully saturated rings. The van der Waals surface area contributed by atoms with Gasteiger partial charge in [0.05, 0.1) is 6.61 Å². The summed E-state index contributed by atoms with van der Waals surface area (Å²) >= 11 is 0. The minimum atomic E-state index is -0.373. The van der Waals surface area contributed by atoms with Crippen LogP contribution < -0.4 is 5.32 Å². The maximum absolute atomic E-state index is 5.29. The van der Waals surface area contributed by atoms with Crippen LogP contribution in [0.4, 0.5) is 0 Å². The Morgan fingerprint density at radius 2 is 2.56 bits per heavy atom. The average molecular weight is 126 g/mol. The molecule has 1 atom stereocenters. The molecule has 51 valence electrons. The van der Waals surface area contributed by atoms with Gasteiger partial charge in [-0.3, -0.25) is 5.32 Å². The Morgan fingerprint density at radius 1 is 1.78 bits per heavy atom. The molecular weight excluding hydrogens is 114 g/mol. The molecule has 2 nitrogen and oxygen atoms in total. The van der Waals surface area contributed by atoms with Crippen molar-refractivity contribution in [2.45, 2.75) is 12.1 Å². The summed E-state index contributed by atoms with van der Waals surface area (Å²) in [6.45, 7) is 9.12. The second kappa shape index (κ2) is 2.50. The van der Waals surface area contributed by atoms with E-state index >= 15 is 0 Å². The van der Waals surface area contributed by atoms with E-state index in [2.05, 4.69) is 18.8 Å². The van der Waals surface area contributed by atoms with Crippen LogP contribution in [-0.2, 0) is 4.74 Å². The summed E-state index contributed by atoms with van der Waals surface area (Å²) in [5, 5.41) is 3.13. The van der Waals surface area contributed by atoms with Gasteiger partial charge in [0.2, 0.25) is 0 Å². The fourth-order valence-electron chi connectivity index (χ4n) is 0.941. The van der Waals surface area contributed by atoms with E-state index in [1.54, 1.807) is 0 Å². The summed E-state index contributed by atoms with van der Waals surface area (Å²) in [6.07, 6.45) is 2.58. The second-order valence-corrected chi connectivity index (χ2v) is 2.26. The van der Waals surface area contributed by atoms with Crippen molar-refractivity contribution in [1.82, 2.24) is 5.32 Å². The maximum atomic E-state index is 5.29. The molecule has 1 rings (SSSR count). The SMILES string of the molecule is [CH2]C1(CC=C)NCCO1. The van der Waals surface area contributed by atoms with Crippen molar-refractivity contribution < 1.29 is 4.74 Å². The van der Waals surface area contributed by atoms with Crippen LogP contribution in [0.25, 0.3) is 0 Å². The highest BCUT2D eigenvalue weighted by Crippen LogP contribution is 2.14. The third kappa shape index (κ3) is 1.53. The Balaban J connectivity index is 2.40. The number of hydrogen-bond donors (Lipinski definition) is 1. The zero-order valence-electron chi connectivity index (χ0n) is 5.52. The van der Waals surface area contributed by atoms with Crippen molar-refractivity contribution in [3.05, 3.63) is 19.6 Å². The van der Waals surface area contributed by atoms with Crippen LogP contribution in [0.3, 0.4) is 0 Å². The number of rotatable bonds is 2. The summed E-state index contributed by atoms with van der Waals surface area (Å²) in [6, 6.07) is 0. The summed E-state index contributed by atoms with van der Waals surface area (Å²) in [7, 11) is 0. The van der Waals surface area contributed by atoms with Crippen molar-refractivity contribution in [1.29, 1.82) is 0 Å². The molecule has 1 radical (unpaired) electrons. The molecular formula is C7H12NO. The van der Waals surface area contributed by atoms with Gasteiger partial charge >= 0.3 is 0 Å². The van der Waals surface area contributed by atoms with Gasteiger partial charge in [-0.25, -0.2) is 0 Å². The third-order valence-electron chi connectivity index (χ3n) is 1.40. The molecule has 0 saturated carbocycles. The number of ether oxygens (including phenoxy) is 1. The lowest BCUT2D eigenvalue weighted by Gasteiger charge is -2.20. The highest BCUT2D eigenvalue weighted by molar-refractivity contribution is 4.91. The minimum Gasteiger partial charge on any atom is -0.359 e. The van der Waals surface area contributed by atoms with Crippen LogP contribution in [0.15, 0.2) is 12.7 Å². The Bertz CT molecular complexity index is 105. The Hall–Kier alpha value is -0.340. The van der Waals surface area contributed by atoms with Gasteiger partial charge in [-0.05, 0) is 6.92 Å². The molecule has 1 saturated heterocycles. The smallest absolute Gasteiger partial charge is 0.122 e. The predicted molar refractivity (Wildman–Crippen MR) is 36.9 cm³/mol. The predicted octanol–water partition coefficient (Wildman–Crippen LogP) is 0.713. The van der Waals surface area contributed by atoms with Gasteiger partial charge in [-0.15, -0.1) is 6.58 Å². The fraction of sp³-hybridized carbons (Fsp3) is 0.571. The zero-order chi connectivity index (χ0) is 6.74. The van der Waals surface area contributed by atoms with E-state index in [4.69, 9.17) is 4.74 Å². The van der Waals surface area contributed by atoms with Crippen molar-refractivity contribution >= 4 is 0 Å². The van der Waals surface area contributed by atoms with Crippen molar-refractivity contribution in [3.63, 3.8) is 0 Å². The van der Waals surface area contributed by atoms with Crippen LogP contribution >= 0.6 is 0 Å². The third-order valence-corrected chi connectivity index (χ3v) is 1.40. The zero-order valence-corrected chi connectivity index (χ0v) is 5.52. The van der Waals surface area contributed by atoms with Crippen molar-refractivity contribution in [2.75, 3.05) is 13.2 Å². The van der Waals surface area contributed by atoms with Crippen LogP contribution in [0, 0.1) is 6.92 Å². The molecule has 1 heterocycles.